The maximum absolute atomic E-state index is 13.2. The van der Waals surface area contributed by atoms with Gasteiger partial charge in [-0.2, -0.15) is 0 Å². The number of hydrogen-bond acceptors (Lipinski definition) is 4. The van der Waals surface area contributed by atoms with Gasteiger partial charge < -0.3 is 5.32 Å². The van der Waals surface area contributed by atoms with Gasteiger partial charge in [0.1, 0.15) is 23.8 Å². The van der Waals surface area contributed by atoms with E-state index < -0.39 is 11.6 Å². The van der Waals surface area contributed by atoms with E-state index in [0.29, 0.717) is 18.2 Å². The summed E-state index contributed by atoms with van der Waals surface area (Å²) < 4.78 is 26.4. The Bertz CT molecular complexity index is 586. The van der Waals surface area contributed by atoms with Crippen molar-refractivity contribution < 1.29 is 8.78 Å². The highest BCUT2D eigenvalue weighted by molar-refractivity contribution is 5.33. The van der Waals surface area contributed by atoms with Crippen molar-refractivity contribution in [2.45, 2.75) is 19.0 Å². The van der Waals surface area contributed by atoms with Crippen molar-refractivity contribution in [3.05, 3.63) is 54.0 Å². The second kappa shape index (κ2) is 6.13. The summed E-state index contributed by atoms with van der Waals surface area (Å²) in [6.07, 6.45) is 4.17. The summed E-state index contributed by atoms with van der Waals surface area (Å²) in [6, 6.07) is 5.78. The molecule has 2 aromatic rings. The molecule has 1 atom stereocenters. The highest BCUT2D eigenvalue weighted by Crippen LogP contribution is 2.17. The standard InChI is InChI=1S/C15H16F2N4/c16-12-5-11(6-13(17)7-12)8-21-4-2-14(9-21)20-15-1-3-18-10-19-15/h1,3,5-7,10,14H,2,4,8-9H2,(H,18,19,20). The number of benzene rings is 1. The zero-order chi connectivity index (χ0) is 14.7. The summed E-state index contributed by atoms with van der Waals surface area (Å²) >= 11 is 0. The van der Waals surface area contributed by atoms with Crippen molar-refractivity contribution in [1.82, 2.24) is 14.9 Å². The molecule has 0 bridgehead atoms. The first-order chi connectivity index (χ1) is 10.2. The summed E-state index contributed by atoms with van der Waals surface area (Å²) in [4.78, 5) is 10.2. The maximum Gasteiger partial charge on any atom is 0.129 e. The number of halogens is 2. The molecule has 0 amide bonds. The van der Waals surface area contributed by atoms with E-state index in [1.54, 1.807) is 6.20 Å². The number of likely N-dealkylation sites (tertiary alicyclic amines) is 1. The number of nitrogens with zero attached hydrogens (tertiary/aromatic N) is 3. The molecule has 1 aliphatic rings. The summed E-state index contributed by atoms with van der Waals surface area (Å²) in [5.74, 6) is -0.256. The molecule has 1 aromatic heterocycles. The van der Waals surface area contributed by atoms with E-state index in [2.05, 4.69) is 20.2 Å². The predicted molar refractivity (Wildman–Crippen MR) is 75.7 cm³/mol. The molecular formula is C15H16F2N4. The third kappa shape index (κ3) is 3.72. The van der Waals surface area contributed by atoms with Gasteiger partial charge in [-0.3, -0.25) is 4.90 Å². The van der Waals surface area contributed by atoms with Gasteiger partial charge in [-0.1, -0.05) is 0 Å². The maximum atomic E-state index is 13.2. The van der Waals surface area contributed by atoms with Crippen LogP contribution in [0.2, 0.25) is 0 Å². The van der Waals surface area contributed by atoms with E-state index in [0.717, 1.165) is 31.4 Å². The first-order valence-electron chi connectivity index (χ1n) is 6.89. The van der Waals surface area contributed by atoms with Gasteiger partial charge in [-0.25, -0.2) is 18.7 Å². The van der Waals surface area contributed by atoms with Gasteiger partial charge in [-0.15, -0.1) is 0 Å². The minimum absolute atomic E-state index is 0.290. The minimum Gasteiger partial charge on any atom is -0.366 e. The van der Waals surface area contributed by atoms with Crippen LogP contribution in [0.1, 0.15) is 12.0 Å². The number of anilines is 1. The van der Waals surface area contributed by atoms with Gasteiger partial charge in [0, 0.05) is 37.9 Å². The largest absolute Gasteiger partial charge is 0.366 e. The first-order valence-corrected chi connectivity index (χ1v) is 6.89. The quantitative estimate of drug-likeness (QED) is 0.939. The molecule has 1 aromatic carbocycles. The van der Waals surface area contributed by atoms with Crippen LogP contribution in [-0.4, -0.2) is 34.0 Å². The van der Waals surface area contributed by atoms with E-state index in [1.165, 1.54) is 18.5 Å². The van der Waals surface area contributed by atoms with Crippen LogP contribution in [-0.2, 0) is 6.54 Å². The summed E-state index contributed by atoms with van der Waals surface area (Å²) in [6.45, 7) is 2.26. The van der Waals surface area contributed by atoms with Crippen LogP contribution >= 0.6 is 0 Å². The normalized spacial score (nSPS) is 18.9. The third-order valence-electron chi connectivity index (χ3n) is 3.53. The van der Waals surface area contributed by atoms with Crippen LogP contribution in [0.25, 0.3) is 0 Å². The van der Waals surface area contributed by atoms with Gasteiger partial charge in [0.05, 0.1) is 0 Å². The fraction of sp³-hybridized carbons (Fsp3) is 0.333. The highest BCUT2D eigenvalue weighted by atomic mass is 19.1. The molecule has 1 saturated heterocycles. The van der Waals surface area contributed by atoms with Crippen LogP contribution in [0.15, 0.2) is 36.8 Å². The van der Waals surface area contributed by atoms with E-state index >= 15 is 0 Å². The van der Waals surface area contributed by atoms with Crippen molar-refractivity contribution in [3.8, 4) is 0 Å². The molecule has 3 rings (SSSR count). The lowest BCUT2D eigenvalue weighted by Gasteiger charge is -2.17. The van der Waals surface area contributed by atoms with Crippen molar-refractivity contribution in [1.29, 1.82) is 0 Å². The van der Waals surface area contributed by atoms with E-state index in [-0.39, 0.29) is 0 Å². The molecule has 1 fully saturated rings. The third-order valence-corrected chi connectivity index (χ3v) is 3.53. The molecule has 2 heterocycles. The highest BCUT2D eigenvalue weighted by Gasteiger charge is 2.22. The monoisotopic (exact) mass is 290 g/mol. The number of aromatic nitrogens is 2. The van der Waals surface area contributed by atoms with Crippen molar-refractivity contribution >= 4 is 5.82 Å². The number of hydrogen-bond donors (Lipinski definition) is 1. The zero-order valence-corrected chi connectivity index (χ0v) is 11.5. The Balaban J connectivity index is 1.57. The molecule has 4 nitrogen and oxygen atoms in total. The van der Waals surface area contributed by atoms with E-state index in [4.69, 9.17) is 0 Å². The lowest BCUT2D eigenvalue weighted by molar-refractivity contribution is 0.327. The lowest BCUT2D eigenvalue weighted by Crippen LogP contribution is -2.26. The second-order valence-corrected chi connectivity index (χ2v) is 5.24. The van der Waals surface area contributed by atoms with E-state index in [9.17, 15) is 8.78 Å². The summed E-state index contributed by atoms with van der Waals surface area (Å²) in [7, 11) is 0. The summed E-state index contributed by atoms with van der Waals surface area (Å²) in [5, 5.41) is 3.34. The average Bonchev–Trinajstić information content (AvgIpc) is 2.86. The SMILES string of the molecule is Fc1cc(F)cc(CN2CCC(Nc3ccncn3)C2)c1. The van der Waals surface area contributed by atoms with E-state index in [1.807, 2.05) is 6.07 Å². The van der Waals surface area contributed by atoms with Gasteiger partial charge in [0.2, 0.25) is 0 Å². The van der Waals surface area contributed by atoms with Crippen molar-refractivity contribution in [2.24, 2.45) is 0 Å². The first kappa shape index (κ1) is 13.9. The zero-order valence-electron chi connectivity index (χ0n) is 11.5. The lowest BCUT2D eigenvalue weighted by atomic mass is 10.2. The Morgan fingerprint density at radius 1 is 1.24 bits per heavy atom. The molecule has 0 radical (unpaired) electrons. The molecule has 6 heteroatoms. The molecule has 0 saturated carbocycles. The van der Waals surface area contributed by atoms with Crippen molar-refractivity contribution in [2.75, 3.05) is 18.4 Å². The van der Waals surface area contributed by atoms with Gasteiger partial charge >= 0.3 is 0 Å². The van der Waals surface area contributed by atoms with Crippen LogP contribution < -0.4 is 5.32 Å². The van der Waals surface area contributed by atoms with Gasteiger partial charge in [0.25, 0.3) is 0 Å². The van der Waals surface area contributed by atoms with Crippen LogP contribution in [0.5, 0.6) is 0 Å². The second-order valence-electron chi connectivity index (χ2n) is 5.24. The van der Waals surface area contributed by atoms with Crippen LogP contribution in [0, 0.1) is 11.6 Å². The molecule has 110 valence electrons. The predicted octanol–water partition coefficient (Wildman–Crippen LogP) is 2.44. The Morgan fingerprint density at radius 3 is 2.76 bits per heavy atom. The molecular weight excluding hydrogens is 274 g/mol. The fourth-order valence-corrected chi connectivity index (χ4v) is 2.64. The molecule has 1 N–H and O–H groups in total. The Labute approximate surface area is 121 Å². The Hall–Kier alpha value is -2.08. The molecule has 1 unspecified atom stereocenters. The van der Waals surface area contributed by atoms with Crippen LogP contribution in [0.4, 0.5) is 14.6 Å². The van der Waals surface area contributed by atoms with Crippen LogP contribution in [0.3, 0.4) is 0 Å². The molecule has 0 spiro atoms. The Morgan fingerprint density at radius 2 is 2.05 bits per heavy atom. The van der Waals surface area contributed by atoms with Gasteiger partial charge in [0.15, 0.2) is 0 Å². The smallest absolute Gasteiger partial charge is 0.129 e. The number of rotatable bonds is 4. The average molecular weight is 290 g/mol. The Kier molecular flexibility index (Phi) is 4.06. The topological polar surface area (TPSA) is 41.0 Å². The summed E-state index contributed by atoms with van der Waals surface area (Å²) in [5.41, 5.74) is 0.662. The fourth-order valence-electron chi connectivity index (χ4n) is 2.64. The number of nitrogens with one attached hydrogen (secondary N) is 1. The van der Waals surface area contributed by atoms with Gasteiger partial charge in [-0.05, 0) is 30.2 Å². The minimum atomic E-state index is -0.528. The molecule has 0 aliphatic carbocycles. The molecule has 21 heavy (non-hydrogen) atoms. The molecule has 1 aliphatic heterocycles. The van der Waals surface area contributed by atoms with Crippen molar-refractivity contribution in [3.63, 3.8) is 0 Å².